The van der Waals surface area contributed by atoms with Crippen LogP contribution in [0.3, 0.4) is 0 Å². The van der Waals surface area contributed by atoms with Crippen LogP contribution >= 0.6 is 0 Å². The molecule has 0 aromatic heterocycles. The van der Waals surface area contributed by atoms with Gasteiger partial charge in [-0.3, -0.25) is 19.2 Å². The van der Waals surface area contributed by atoms with Crippen LogP contribution in [-0.4, -0.2) is 55.0 Å². The molecule has 9 heteroatoms. The van der Waals surface area contributed by atoms with Crippen LogP contribution in [0.4, 0.5) is 4.79 Å². The SMILES string of the molecule is CCC[C@@H](C)C(=O)C(C)C1NC(=O)O[C@]1(C)COC(=O)C(C)C(=O)[C@H](C)COC=O. The van der Waals surface area contributed by atoms with Crippen LogP contribution in [0.2, 0.25) is 0 Å². The Kier molecular flexibility index (Phi) is 9.45. The molecule has 1 aliphatic heterocycles. The van der Waals surface area contributed by atoms with Gasteiger partial charge in [0.25, 0.3) is 6.47 Å². The lowest BCUT2D eigenvalue weighted by Crippen LogP contribution is -2.52. The summed E-state index contributed by atoms with van der Waals surface area (Å²) in [5.74, 6) is -3.65. The predicted octanol–water partition coefficient (Wildman–Crippen LogP) is 2.05. The minimum atomic E-state index is -1.25. The summed E-state index contributed by atoms with van der Waals surface area (Å²) in [5, 5.41) is 2.65. The molecule has 0 radical (unpaired) electrons. The maximum atomic E-state index is 12.7. The van der Waals surface area contributed by atoms with Gasteiger partial charge in [-0.25, -0.2) is 4.79 Å². The van der Waals surface area contributed by atoms with Crippen LogP contribution in [0.25, 0.3) is 0 Å². The lowest BCUT2D eigenvalue weighted by Gasteiger charge is -2.32. The van der Waals surface area contributed by atoms with Crippen molar-refractivity contribution in [3.8, 4) is 0 Å². The fourth-order valence-electron chi connectivity index (χ4n) is 3.69. The van der Waals surface area contributed by atoms with Gasteiger partial charge in [-0.2, -0.15) is 0 Å². The number of Topliss-reactive ketones (excluding diaryl/α,β-unsaturated/α-hetero) is 2. The average Bonchev–Trinajstić information content (AvgIpc) is 3.02. The second kappa shape index (κ2) is 11.1. The normalized spacial score (nSPS) is 24.6. The lowest BCUT2D eigenvalue weighted by atomic mass is 9.81. The highest BCUT2D eigenvalue weighted by molar-refractivity contribution is 5.99. The molecule has 0 aromatic rings. The van der Waals surface area contributed by atoms with Crippen molar-refractivity contribution >= 4 is 30.1 Å². The van der Waals surface area contributed by atoms with Gasteiger partial charge in [0, 0.05) is 17.8 Å². The van der Waals surface area contributed by atoms with Crippen molar-refractivity contribution in [2.75, 3.05) is 13.2 Å². The average molecular weight is 427 g/mol. The Morgan fingerprint density at radius 1 is 1.17 bits per heavy atom. The number of amides is 1. The van der Waals surface area contributed by atoms with E-state index in [-0.39, 0.29) is 31.4 Å². The van der Waals surface area contributed by atoms with Gasteiger partial charge in [-0.05, 0) is 20.3 Å². The summed E-state index contributed by atoms with van der Waals surface area (Å²) >= 11 is 0. The van der Waals surface area contributed by atoms with E-state index < -0.39 is 47.2 Å². The quantitative estimate of drug-likeness (QED) is 0.205. The van der Waals surface area contributed by atoms with Crippen molar-refractivity contribution in [2.45, 2.75) is 66.0 Å². The molecule has 1 saturated heterocycles. The largest absolute Gasteiger partial charge is 0.467 e. The fraction of sp³-hybridized carbons (Fsp3) is 0.762. The first-order valence-corrected chi connectivity index (χ1v) is 10.3. The first-order valence-electron chi connectivity index (χ1n) is 10.3. The first kappa shape index (κ1) is 25.6. The van der Waals surface area contributed by atoms with E-state index in [0.29, 0.717) is 0 Å². The van der Waals surface area contributed by atoms with Gasteiger partial charge in [0.1, 0.15) is 24.9 Å². The Balaban J connectivity index is 2.80. The van der Waals surface area contributed by atoms with E-state index in [1.54, 1.807) is 20.8 Å². The number of esters is 1. The Hall–Kier alpha value is -2.45. The zero-order valence-electron chi connectivity index (χ0n) is 18.6. The van der Waals surface area contributed by atoms with Crippen LogP contribution in [0.1, 0.15) is 54.4 Å². The van der Waals surface area contributed by atoms with Crippen LogP contribution < -0.4 is 5.32 Å². The molecule has 0 saturated carbocycles. The number of nitrogens with one attached hydrogen (secondary N) is 1. The van der Waals surface area contributed by atoms with Crippen molar-refractivity contribution in [3.63, 3.8) is 0 Å². The molecule has 1 aliphatic rings. The van der Waals surface area contributed by atoms with E-state index in [9.17, 15) is 24.0 Å². The summed E-state index contributed by atoms with van der Waals surface area (Å²) in [7, 11) is 0. The van der Waals surface area contributed by atoms with Gasteiger partial charge in [-0.1, -0.05) is 34.1 Å². The molecule has 1 rings (SSSR count). The zero-order valence-corrected chi connectivity index (χ0v) is 18.6. The number of hydrogen-bond donors (Lipinski definition) is 1. The molecule has 1 amide bonds. The number of carbonyl (C=O) groups excluding carboxylic acids is 5. The maximum absolute atomic E-state index is 12.7. The second-order valence-corrected chi connectivity index (χ2v) is 8.27. The Bertz CT molecular complexity index is 663. The molecule has 1 heterocycles. The number of carbonyl (C=O) groups is 5. The topological polar surface area (TPSA) is 125 Å². The van der Waals surface area contributed by atoms with Crippen LogP contribution in [0.5, 0.6) is 0 Å². The van der Waals surface area contributed by atoms with E-state index in [4.69, 9.17) is 9.47 Å². The number of ketones is 2. The highest BCUT2D eigenvalue weighted by Crippen LogP contribution is 2.30. The molecule has 1 fully saturated rings. The Morgan fingerprint density at radius 3 is 2.37 bits per heavy atom. The summed E-state index contributed by atoms with van der Waals surface area (Å²) in [6, 6.07) is -0.671. The van der Waals surface area contributed by atoms with E-state index in [2.05, 4.69) is 10.1 Å². The third-order valence-electron chi connectivity index (χ3n) is 5.59. The van der Waals surface area contributed by atoms with E-state index >= 15 is 0 Å². The predicted molar refractivity (Wildman–Crippen MR) is 106 cm³/mol. The van der Waals surface area contributed by atoms with E-state index in [0.717, 1.165) is 12.8 Å². The van der Waals surface area contributed by atoms with Crippen molar-refractivity contribution < 1.29 is 38.2 Å². The Morgan fingerprint density at radius 2 is 1.80 bits per heavy atom. The summed E-state index contributed by atoms with van der Waals surface area (Å²) < 4.78 is 15.2. The summed E-state index contributed by atoms with van der Waals surface area (Å²) in [6.07, 6.45) is 0.914. The third kappa shape index (κ3) is 6.27. The number of hydrogen-bond acceptors (Lipinski definition) is 8. The molecule has 0 aliphatic carbocycles. The van der Waals surface area contributed by atoms with Crippen molar-refractivity contribution in [3.05, 3.63) is 0 Å². The van der Waals surface area contributed by atoms with Crippen LogP contribution in [-0.2, 0) is 33.4 Å². The van der Waals surface area contributed by atoms with Gasteiger partial charge in [0.2, 0.25) is 0 Å². The van der Waals surface area contributed by atoms with Gasteiger partial charge >= 0.3 is 12.1 Å². The molecule has 3 unspecified atom stereocenters. The number of alkyl carbamates (subject to hydrolysis) is 1. The standard InChI is InChI=1S/C21H33NO8/c1-7-8-12(2)16(24)14(4)18-21(6,30-20(27)22-18)10-29-19(26)15(5)17(25)13(3)9-28-11-23/h11-15,18H,7-10H2,1-6H3,(H,22,27)/t12-,13-,14?,15?,18?,21-/m1/s1. The highest BCUT2D eigenvalue weighted by atomic mass is 16.6. The monoisotopic (exact) mass is 427 g/mol. The fourth-order valence-corrected chi connectivity index (χ4v) is 3.69. The Labute approximate surface area is 177 Å². The second-order valence-electron chi connectivity index (χ2n) is 8.27. The minimum Gasteiger partial charge on any atom is -0.467 e. The molecule has 30 heavy (non-hydrogen) atoms. The van der Waals surface area contributed by atoms with E-state index in [1.165, 1.54) is 6.92 Å². The summed E-state index contributed by atoms with van der Waals surface area (Å²) in [4.78, 5) is 59.5. The molecule has 1 N–H and O–H groups in total. The number of cyclic esters (lactones) is 1. The smallest absolute Gasteiger partial charge is 0.408 e. The van der Waals surface area contributed by atoms with Crippen molar-refractivity contribution in [1.29, 1.82) is 0 Å². The lowest BCUT2D eigenvalue weighted by molar-refractivity contribution is -0.158. The molecule has 170 valence electrons. The molecule has 0 aromatic carbocycles. The third-order valence-corrected chi connectivity index (χ3v) is 5.59. The van der Waals surface area contributed by atoms with Gasteiger partial charge in [0.05, 0.1) is 6.04 Å². The molecular formula is C21H33NO8. The van der Waals surface area contributed by atoms with Gasteiger partial charge < -0.3 is 19.5 Å². The van der Waals surface area contributed by atoms with Crippen molar-refractivity contribution in [2.24, 2.45) is 23.7 Å². The van der Waals surface area contributed by atoms with Gasteiger partial charge in [0.15, 0.2) is 11.4 Å². The minimum absolute atomic E-state index is 0.00208. The maximum Gasteiger partial charge on any atom is 0.408 e. The van der Waals surface area contributed by atoms with Crippen LogP contribution in [0.15, 0.2) is 0 Å². The molecular weight excluding hydrogens is 394 g/mol. The summed E-state index contributed by atoms with van der Waals surface area (Å²) in [5.41, 5.74) is -1.25. The molecule has 6 atom stereocenters. The highest BCUT2D eigenvalue weighted by Gasteiger charge is 2.51. The van der Waals surface area contributed by atoms with E-state index in [1.807, 2.05) is 13.8 Å². The number of ether oxygens (including phenoxy) is 3. The van der Waals surface area contributed by atoms with Crippen molar-refractivity contribution in [1.82, 2.24) is 5.32 Å². The van der Waals surface area contributed by atoms with Gasteiger partial charge in [-0.15, -0.1) is 0 Å². The number of rotatable bonds is 13. The molecule has 0 bridgehead atoms. The zero-order chi connectivity index (χ0) is 23.1. The van der Waals surface area contributed by atoms with Crippen LogP contribution in [0, 0.1) is 23.7 Å². The molecule has 9 nitrogen and oxygen atoms in total. The summed E-state index contributed by atoms with van der Waals surface area (Å²) in [6.45, 7) is 9.90. The first-order chi connectivity index (χ1) is 14.0. The molecule has 0 spiro atoms.